The predicted octanol–water partition coefficient (Wildman–Crippen LogP) is 2.60. The van der Waals surface area contributed by atoms with Crippen molar-refractivity contribution < 1.29 is 32.2 Å². The number of ether oxygens (including phenoxy) is 1. The summed E-state index contributed by atoms with van der Waals surface area (Å²) in [5.74, 6) is -3.18. The van der Waals surface area contributed by atoms with Gasteiger partial charge in [0.2, 0.25) is 9.84 Å². The lowest BCUT2D eigenvalue weighted by atomic mass is 10.3. The molecule has 0 bridgehead atoms. The summed E-state index contributed by atoms with van der Waals surface area (Å²) in [5, 5.41) is 14.7. The molecule has 0 spiro atoms. The number of carboxylic acids is 1. The third-order valence-electron chi connectivity index (χ3n) is 4.45. The van der Waals surface area contributed by atoms with E-state index in [2.05, 4.69) is 15.4 Å². The second-order valence-electron chi connectivity index (χ2n) is 6.81. The SMILES string of the molecule is CNC(OC(=O)/C=C/C(=O)O)c1cc(S(=O)(=O)c2ccc(C)nc2)n(-c2cccc(F)c2Cl)n1. The topological polar surface area (TPSA) is 140 Å². The highest BCUT2D eigenvalue weighted by Gasteiger charge is 2.29. The van der Waals surface area contributed by atoms with E-state index in [9.17, 15) is 22.4 Å². The predicted molar refractivity (Wildman–Crippen MR) is 118 cm³/mol. The van der Waals surface area contributed by atoms with Gasteiger partial charge in [-0.15, -0.1) is 0 Å². The number of aromatic nitrogens is 3. The van der Waals surface area contributed by atoms with E-state index in [1.807, 2.05) is 0 Å². The molecule has 0 saturated carbocycles. The van der Waals surface area contributed by atoms with Gasteiger partial charge in [0, 0.05) is 30.1 Å². The molecule has 1 atom stereocenters. The van der Waals surface area contributed by atoms with E-state index < -0.39 is 38.8 Å². The number of pyridine rings is 1. The summed E-state index contributed by atoms with van der Waals surface area (Å²) in [4.78, 5) is 26.4. The smallest absolute Gasteiger partial charge is 0.332 e. The molecule has 0 amide bonds. The van der Waals surface area contributed by atoms with Crippen molar-refractivity contribution in [1.82, 2.24) is 20.1 Å². The maximum absolute atomic E-state index is 14.1. The minimum Gasteiger partial charge on any atom is -0.478 e. The quantitative estimate of drug-likeness (QED) is 0.267. The number of carboxylic acid groups (broad SMARTS) is 1. The Bertz CT molecular complexity index is 1370. The molecule has 2 heterocycles. The summed E-state index contributed by atoms with van der Waals surface area (Å²) in [7, 11) is -2.83. The molecule has 10 nitrogen and oxygen atoms in total. The highest BCUT2D eigenvalue weighted by molar-refractivity contribution is 7.91. The molecule has 0 saturated heterocycles. The highest BCUT2D eigenvalue weighted by Crippen LogP contribution is 2.30. The van der Waals surface area contributed by atoms with E-state index in [-0.39, 0.29) is 21.3 Å². The standard InChI is InChI=1S/C21H18ClFN4O6S/c1-12-6-7-13(11-25-12)34(31,32)17-10-15(21(24-2)33-19(30)9-8-18(28)29)26-27(17)16-5-3-4-14(23)20(16)22/h3-11,21,24H,1-2H3,(H,28,29)/b9-8+. The number of nitrogens with one attached hydrogen (secondary N) is 1. The first-order valence-corrected chi connectivity index (χ1v) is 11.4. The summed E-state index contributed by atoms with van der Waals surface area (Å²) in [5.41, 5.74) is 0.454. The third kappa shape index (κ3) is 5.30. The van der Waals surface area contributed by atoms with Crippen molar-refractivity contribution in [2.24, 2.45) is 0 Å². The number of benzene rings is 1. The van der Waals surface area contributed by atoms with Crippen LogP contribution in [0.25, 0.3) is 5.69 Å². The Morgan fingerprint density at radius 3 is 2.62 bits per heavy atom. The molecule has 178 valence electrons. The molecule has 1 unspecified atom stereocenters. The molecule has 3 rings (SSSR count). The zero-order chi connectivity index (χ0) is 25.0. The zero-order valence-electron chi connectivity index (χ0n) is 17.8. The number of carbonyl (C=O) groups is 2. The van der Waals surface area contributed by atoms with Crippen molar-refractivity contribution >= 4 is 33.4 Å². The van der Waals surface area contributed by atoms with Gasteiger partial charge >= 0.3 is 11.9 Å². The average Bonchev–Trinajstić information content (AvgIpc) is 3.24. The number of halogens is 2. The number of hydrogen-bond donors (Lipinski definition) is 2. The van der Waals surface area contributed by atoms with Crippen LogP contribution in [0.2, 0.25) is 5.02 Å². The Hall–Kier alpha value is -3.61. The molecule has 1 aromatic carbocycles. The Balaban J connectivity index is 2.16. The largest absolute Gasteiger partial charge is 0.478 e. The van der Waals surface area contributed by atoms with E-state index in [0.717, 1.165) is 16.8 Å². The molecule has 0 aliphatic carbocycles. The number of rotatable bonds is 8. The fourth-order valence-corrected chi connectivity index (χ4v) is 4.35. The molecule has 0 radical (unpaired) electrons. The number of aryl methyl sites for hydroxylation is 1. The second kappa shape index (κ2) is 10.1. The molecular formula is C21H18ClFN4O6S. The van der Waals surface area contributed by atoms with Crippen LogP contribution in [-0.2, 0) is 24.2 Å². The van der Waals surface area contributed by atoms with E-state index >= 15 is 0 Å². The van der Waals surface area contributed by atoms with Gasteiger partial charge in [0.05, 0.1) is 10.6 Å². The van der Waals surface area contributed by atoms with E-state index in [1.165, 1.54) is 37.5 Å². The van der Waals surface area contributed by atoms with Crippen molar-refractivity contribution in [2.45, 2.75) is 23.1 Å². The van der Waals surface area contributed by atoms with Crippen molar-refractivity contribution in [3.8, 4) is 5.69 Å². The van der Waals surface area contributed by atoms with Crippen molar-refractivity contribution in [3.63, 3.8) is 0 Å². The first-order valence-electron chi connectivity index (χ1n) is 9.55. The van der Waals surface area contributed by atoms with Crippen LogP contribution in [0.15, 0.2) is 64.7 Å². The van der Waals surface area contributed by atoms with Gasteiger partial charge in [-0.3, -0.25) is 10.3 Å². The Labute approximate surface area is 198 Å². The van der Waals surface area contributed by atoms with E-state index in [4.69, 9.17) is 21.4 Å². The van der Waals surface area contributed by atoms with Gasteiger partial charge in [0.25, 0.3) is 0 Å². The third-order valence-corrected chi connectivity index (χ3v) is 6.53. The highest BCUT2D eigenvalue weighted by atomic mass is 35.5. The van der Waals surface area contributed by atoms with Crippen LogP contribution in [0, 0.1) is 12.7 Å². The van der Waals surface area contributed by atoms with Gasteiger partial charge in [-0.05, 0) is 38.2 Å². The van der Waals surface area contributed by atoms with Crippen LogP contribution in [-0.4, -0.2) is 47.3 Å². The summed E-state index contributed by atoms with van der Waals surface area (Å²) in [6, 6.07) is 7.79. The van der Waals surface area contributed by atoms with Gasteiger partial charge in [-0.25, -0.2) is 27.1 Å². The number of hydrogen-bond acceptors (Lipinski definition) is 8. The Morgan fingerprint density at radius 2 is 2.00 bits per heavy atom. The molecular weight excluding hydrogens is 491 g/mol. The molecule has 13 heteroatoms. The van der Waals surface area contributed by atoms with Crippen molar-refractivity contribution in [1.29, 1.82) is 0 Å². The molecule has 2 N–H and O–H groups in total. The lowest BCUT2D eigenvalue weighted by Gasteiger charge is -2.13. The fraction of sp³-hybridized carbons (Fsp3) is 0.143. The number of esters is 1. The van der Waals surface area contributed by atoms with Gasteiger partial charge in [-0.2, -0.15) is 5.10 Å². The van der Waals surface area contributed by atoms with Crippen LogP contribution >= 0.6 is 11.6 Å². The molecule has 0 aliphatic rings. The first-order chi connectivity index (χ1) is 16.0. The van der Waals surface area contributed by atoms with Crippen LogP contribution in [0.4, 0.5) is 4.39 Å². The summed E-state index contributed by atoms with van der Waals surface area (Å²) < 4.78 is 47.0. The molecule has 0 aliphatic heterocycles. The van der Waals surface area contributed by atoms with Gasteiger partial charge in [0.15, 0.2) is 11.3 Å². The first kappa shape index (κ1) is 25.0. The van der Waals surface area contributed by atoms with Gasteiger partial charge < -0.3 is 9.84 Å². The Morgan fingerprint density at radius 1 is 1.26 bits per heavy atom. The van der Waals surface area contributed by atoms with Gasteiger partial charge in [0.1, 0.15) is 16.5 Å². The summed E-state index contributed by atoms with van der Waals surface area (Å²) in [6.45, 7) is 1.69. The monoisotopic (exact) mass is 508 g/mol. The normalized spacial score (nSPS) is 12.6. The van der Waals surface area contributed by atoms with E-state index in [0.29, 0.717) is 17.8 Å². The minimum absolute atomic E-state index is 0.0708. The zero-order valence-corrected chi connectivity index (χ0v) is 19.3. The summed E-state index contributed by atoms with van der Waals surface area (Å²) >= 11 is 6.09. The lowest BCUT2D eigenvalue weighted by molar-refractivity contribution is -0.145. The Kier molecular flexibility index (Phi) is 7.44. The second-order valence-corrected chi connectivity index (χ2v) is 9.08. The molecule has 34 heavy (non-hydrogen) atoms. The van der Waals surface area contributed by atoms with Crippen molar-refractivity contribution in [2.75, 3.05) is 7.05 Å². The van der Waals surface area contributed by atoms with E-state index in [1.54, 1.807) is 6.92 Å². The van der Waals surface area contributed by atoms with Crippen LogP contribution in [0.5, 0.6) is 0 Å². The molecule has 2 aromatic heterocycles. The number of sulfone groups is 1. The van der Waals surface area contributed by atoms with Crippen LogP contribution in [0.1, 0.15) is 17.6 Å². The van der Waals surface area contributed by atoms with Crippen molar-refractivity contribution in [3.05, 3.63) is 77.0 Å². The number of carbonyl (C=O) groups excluding carboxylic acids is 1. The molecule has 3 aromatic rings. The van der Waals surface area contributed by atoms with Crippen LogP contribution in [0.3, 0.4) is 0 Å². The maximum atomic E-state index is 14.1. The summed E-state index contributed by atoms with van der Waals surface area (Å²) in [6.07, 6.45) is 1.16. The average molecular weight is 509 g/mol. The minimum atomic E-state index is -4.24. The fourth-order valence-electron chi connectivity index (χ4n) is 2.83. The lowest BCUT2D eigenvalue weighted by Crippen LogP contribution is -2.23. The van der Waals surface area contributed by atoms with Crippen LogP contribution < -0.4 is 5.32 Å². The number of nitrogens with zero attached hydrogens (tertiary/aromatic N) is 3. The number of aliphatic carboxylic acids is 1. The maximum Gasteiger partial charge on any atom is 0.332 e. The van der Waals surface area contributed by atoms with Gasteiger partial charge in [-0.1, -0.05) is 17.7 Å². The molecule has 0 fully saturated rings.